The number of carbonyl (C=O) groups is 2. The number of carbonyl (C=O) groups excluding carboxylic acids is 2. The maximum absolute atomic E-state index is 11.1. The lowest BCUT2D eigenvalue weighted by Crippen LogP contribution is -2.33. The molecule has 0 unspecified atom stereocenters. The maximum Gasteiger partial charge on any atom is 0.289 e. The van der Waals surface area contributed by atoms with Crippen molar-refractivity contribution in [3.63, 3.8) is 0 Å². The van der Waals surface area contributed by atoms with Crippen LogP contribution in [0.4, 0.5) is 5.69 Å². The van der Waals surface area contributed by atoms with E-state index in [0.29, 0.717) is 0 Å². The Morgan fingerprint density at radius 2 is 2.23 bits per heavy atom. The first kappa shape index (κ1) is 9.11. The number of amides is 2. The van der Waals surface area contributed by atoms with E-state index in [1.54, 1.807) is 0 Å². The zero-order valence-corrected chi connectivity index (χ0v) is 6.74. The van der Waals surface area contributed by atoms with Gasteiger partial charge in [-0.15, -0.1) is 0 Å². The van der Waals surface area contributed by atoms with E-state index in [9.17, 15) is 9.59 Å². The summed E-state index contributed by atoms with van der Waals surface area (Å²) in [5.74, 6) is -1.19. The van der Waals surface area contributed by atoms with Crippen LogP contribution in [0, 0.1) is 0 Å². The highest BCUT2D eigenvalue weighted by Crippen LogP contribution is 2.11. The fourth-order valence-corrected chi connectivity index (χ4v) is 0.751. The van der Waals surface area contributed by atoms with Gasteiger partial charge < -0.3 is 21.2 Å². The minimum Gasteiger partial charge on any atom is -0.457 e. The molecular weight excluding hydrogens is 174 g/mol. The number of nitrogens with two attached hydrogens (primary N) is 2. The Hall–Kier alpha value is -1.98. The summed E-state index contributed by atoms with van der Waals surface area (Å²) in [4.78, 5) is 21.4. The van der Waals surface area contributed by atoms with E-state index in [-0.39, 0.29) is 18.0 Å². The summed E-state index contributed by atoms with van der Waals surface area (Å²) in [5, 5.41) is 2.24. The van der Waals surface area contributed by atoms with E-state index < -0.39 is 11.8 Å². The predicted octanol–water partition coefficient (Wildman–Crippen LogP) is -0.923. The molecule has 0 aliphatic heterocycles. The van der Waals surface area contributed by atoms with Crippen LogP contribution in [-0.4, -0.2) is 18.4 Å². The summed E-state index contributed by atoms with van der Waals surface area (Å²) in [6.45, 7) is -0.237. The van der Waals surface area contributed by atoms with Gasteiger partial charge in [0.15, 0.2) is 0 Å². The van der Waals surface area contributed by atoms with Gasteiger partial charge in [-0.25, -0.2) is 0 Å². The van der Waals surface area contributed by atoms with Crippen molar-refractivity contribution in [1.82, 2.24) is 5.32 Å². The molecule has 2 amide bonds. The summed E-state index contributed by atoms with van der Waals surface area (Å²) >= 11 is 0. The highest BCUT2D eigenvalue weighted by Gasteiger charge is 2.12. The third-order valence-electron chi connectivity index (χ3n) is 1.33. The van der Waals surface area contributed by atoms with E-state index >= 15 is 0 Å². The number of anilines is 1. The van der Waals surface area contributed by atoms with E-state index in [2.05, 4.69) is 5.32 Å². The zero-order chi connectivity index (χ0) is 9.84. The molecule has 1 rings (SSSR count). The number of hydrogen-bond acceptors (Lipinski definition) is 4. The largest absolute Gasteiger partial charge is 0.457 e. The summed E-state index contributed by atoms with van der Waals surface area (Å²) in [7, 11) is 0. The van der Waals surface area contributed by atoms with Gasteiger partial charge in [-0.3, -0.25) is 9.59 Å². The Balaban J connectivity index is 2.59. The molecule has 0 radical (unpaired) electrons. The average Bonchev–Trinajstić information content (AvgIpc) is 2.47. The van der Waals surface area contributed by atoms with Crippen molar-refractivity contribution in [3.8, 4) is 0 Å². The quantitative estimate of drug-likeness (QED) is 0.562. The molecule has 0 aliphatic rings. The van der Waals surface area contributed by atoms with Crippen molar-refractivity contribution < 1.29 is 14.0 Å². The fourth-order valence-electron chi connectivity index (χ4n) is 0.751. The van der Waals surface area contributed by atoms with Gasteiger partial charge in [-0.1, -0.05) is 0 Å². The van der Waals surface area contributed by atoms with Gasteiger partial charge in [0.25, 0.3) is 5.91 Å². The molecule has 0 atom stereocenters. The number of rotatable bonds is 3. The van der Waals surface area contributed by atoms with Gasteiger partial charge in [0.1, 0.15) is 0 Å². The summed E-state index contributed by atoms with van der Waals surface area (Å²) < 4.78 is 4.77. The van der Waals surface area contributed by atoms with Gasteiger partial charge in [0, 0.05) is 6.07 Å². The zero-order valence-electron chi connectivity index (χ0n) is 6.74. The van der Waals surface area contributed by atoms with Crippen molar-refractivity contribution in [2.24, 2.45) is 5.73 Å². The Labute approximate surface area is 73.9 Å². The lowest BCUT2D eigenvalue weighted by Gasteiger charge is -1.99. The third kappa shape index (κ3) is 2.22. The number of nitrogen functional groups attached to an aromatic ring is 1. The SMILES string of the molecule is NC(=O)CNC(=O)c1occc1N. The van der Waals surface area contributed by atoms with E-state index in [4.69, 9.17) is 15.9 Å². The van der Waals surface area contributed by atoms with Crippen molar-refractivity contribution in [3.05, 3.63) is 18.1 Å². The Bertz CT molecular complexity index is 331. The third-order valence-corrected chi connectivity index (χ3v) is 1.33. The molecule has 0 fully saturated rings. The van der Waals surface area contributed by atoms with Gasteiger partial charge >= 0.3 is 0 Å². The molecule has 13 heavy (non-hydrogen) atoms. The number of furan rings is 1. The first-order chi connectivity index (χ1) is 6.11. The summed E-state index contributed by atoms with van der Waals surface area (Å²) in [6.07, 6.45) is 1.29. The number of hydrogen-bond donors (Lipinski definition) is 3. The van der Waals surface area contributed by atoms with E-state index in [1.807, 2.05) is 0 Å². The van der Waals surface area contributed by atoms with Crippen LogP contribution in [0.1, 0.15) is 10.6 Å². The minimum absolute atomic E-state index is 0.0127. The highest BCUT2D eigenvalue weighted by atomic mass is 16.3. The van der Waals surface area contributed by atoms with Gasteiger partial charge in [0.2, 0.25) is 11.7 Å². The second-order valence-electron chi connectivity index (χ2n) is 2.35. The van der Waals surface area contributed by atoms with Gasteiger partial charge in [0.05, 0.1) is 18.5 Å². The van der Waals surface area contributed by atoms with Crippen LogP contribution in [0.2, 0.25) is 0 Å². The molecule has 1 aromatic heterocycles. The van der Waals surface area contributed by atoms with Crippen molar-refractivity contribution in [1.29, 1.82) is 0 Å². The number of nitrogens with one attached hydrogen (secondary N) is 1. The Morgan fingerprint density at radius 1 is 1.54 bits per heavy atom. The molecular formula is C7H9N3O3. The predicted molar refractivity (Wildman–Crippen MR) is 44.6 cm³/mol. The lowest BCUT2D eigenvalue weighted by molar-refractivity contribution is -0.117. The van der Waals surface area contributed by atoms with Crippen LogP contribution in [0.15, 0.2) is 16.7 Å². The molecule has 6 nitrogen and oxygen atoms in total. The van der Waals surface area contributed by atoms with Gasteiger partial charge in [-0.05, 0) is 0 Å². The van der Waals surface area contributed by atoms with Crippen LogP contribution in [0.5, 0.6) is 0 Å². The van der Waals surface area contributed by atoms with Crippen molar-refractivity contribution in [2.75, 3.05) is 12.3 Å². The van der Waals surface area contributed by atoms with Crippen LogP contribution in [0.25, 0.3) is 0 Å². The van der Waals surface area contributed by atoms with Gasteiger partial charge in [-0.2, -0.15) is 0 Å². The fraction of sp³-hybridized carbons (Fsp3) is 0.143. The maximum atomic E-state index is 11.1. The van der Waals surface area contributed by atoms with E-state index in [0.717, 1.165) is 0 Å². The first-order valence-electron chi connectivity index (χ1n) is 3.50. The monoisotopic (exact) mass is 183 g/mol. The molecule has 5 N–H and O–H groups in total. The molecule has 0 spiro atoms. The van der Waals surface area contributed by atoms with Crippen LogP contribution in [0.3, 0.4) is 0 Å². The van der Waals surface area contributed by atoms with Crippen molar-refractivity contribution in [2.45, 2.75) is 0 Å². The Morgan fingerprint density at radius 3 is 2.69 bits per heavy atom. The molecule has 1 heterocycles. The van der Waals surface area contributed by atoms with Crippen LogP contribution < -0.4 is 16.8 Å². The average molecular weight is 183 g/mol. The molecule has 0 aromatic carbocycles. The van der Waals surface area contributed by atoms with Crippen molar-refractivity contribution >= 4 is 17.5 Å². The first-order valence-corrected chi connectivity index (χ1v) is 3.50. The standard InChI is InChI=1S/C7H9N3O3/c8-4-1-2-13-6(4)7(12)10-3-5(9)11/h1-2H,3,8H2,(H2,9,11)(H,10,12). The molecule has 0 saturated heterocycles. The van der Waals surface area contributed by atoms with Crippen LogP contribution >= 0.6 is 0 Å². The molecule has 6 heteroatoms. The summed E-state index contributed by atoms with van der Waals surface area (Å²) in [6, 6.07) is 1.44. The number of primary amides is 1. The second-order valence-corrected chi connectivity index (χ2v) is 2.35. The molecule has 1 aromatic rings. The minimum atomic E-state index is -0.626. The topological polar surface area (TPSA) is 111 Å². The normalized spacial score (nSPS) is 9.54. The lowest BCUT2D eigenvalue weighted by atomic mass is 10.3. The highest BCUT2D eigenvalue weighted by molar-refractivity contribution is 5.97. The molecule has 0 saturated carbocycles. The Kier molecular flexibility index (Phi) is 2.53. The molecule has 0 bridgehead atoms. The molecule has 70 valence electrons. The summed E-state index contributed by atoms with van der Waals surface area (Å²) in [5.41, 5.74) is 10.4. The second kappa shape index (κ2) is 3.61. The molecule has 0 aliphatic carbocycles. The van der Waals surface area contributed by atoms with Crippen LogP contribution in [-0.2, 0) is 4.79 Å². The smallest absolute Gasteiger partial charge is 0.289 e. The van der Waals surface area contributed by atoms with E-state index in [1.165, 1.54) is 12.3 Å².